The van der Waals surface area contributed by atoms with E-state index in [4.69, 9.17) is 14.7 Å². The lowest BCUT2D eigenvalue weighted by molar-refractivity contribution is -0.117. The molecule has 1 N–H and O–H groups in total. The molecule has 0 fully saturated rings. The van der Waals surface area contributed by atoms with Gasteiger partial charge in [-0.3, -0.25) is 9.48 Å². The van der Waals surface area contributed by atoms with Crippen LogP contribution < -0.4 is 14.8 Å². The van der Waals surface area contributed by atoms with E-state index in [1.807, 2.05) is 12.1 Å². The van der Waals surface area contributed by atoms with Gasteiger partial charge < -0.3 is 14.8 Å². The molecule has 2 heterocycles. The van der Waals surface area contributed by atoms with Gasteiger partial charge in [-0.2, -0.15) is 10.4 Å². The highest BCUT2D eigenvalue weighted by molar-refractivity contribution is 6.01. The zero-order valence-corrected chi connectivity index (χ0v) is 12.4. The standard InChI is InChI=1S/C16H14N4O3/c1-20-13(4-5-19-20)7-12(8-17)16(21)18-9-11-2-3-14-15(6-11)23-10-22-14/h2-7H,9-10H2,1H3,(H,18,21)/b12-7-. The molecule has 7 nitrogen and oxygen atoms in total. The summed E-state index contributed by atoms with van der Waals surface area (Å²) < 4.78 is 12.1. The third-order valence-electron chi connectivity index (χ3n) is 3.41. The molecule has 7 heteroatoms. The van der Waals surface area contributed by atoms with E-state index in [1.54, 1.807) is 36.1 Å². The summed E-state index contributed by atoms with van der Waals surface area (Å²) in [5.74, 6) is 0.906. The number of carbonyl (C=O) groups is 1. The maximum absolute atomic E-state index is 12.1. The van der Waals surface area contributed by atoms with E-state index in [0.29, 0.717) is 23.7 Å². The van der Waals surface area contributed by atoms with E-state index in [2.05, 4.69) is 10.4 Å². The van der Waals surface area contributed by atoms with Gasteiger partial charge in [0.2, 0.25) is 6.79 Å². The number of amides is 1. The van der Waals surface area contributed by atoms with Crippen molar-refractivity contribution >= 4 is 12.0 Å². The molecule has 1 aromatic heterocycles. The quantitative estimate of drug-likeness (QED) is 0.680. The highest BCUT2D eigenvalue weighted by Gasteiger charge is 2.14. The van der Waals surface area contributed by atoms with Crippen molar-refractivity contribution in [1.82, 2.24) is 15.1 Å². The first kappa shape index (κ1) is 14.7. The molecule has 0 atom stereocenters. The van der Waals surface area contributed by atoms with Gasteiger partial charge in [-0.1, -0.05) is 6.07 Å². The van der Waals surface area contributed by atoms with Crippen LogP contribution in [0, 0.1) is 11.3 Å². The Morgan fingerprint density at radius 2 is 2.26 bits per heavy atom. The fraction of sp³-hybridized carbons (Fsp3) is 0.188. The Morgan fingerprint density at radius 1 is 1.43 bits per heavy atom. The first-order valence-electron chi connectivity index (χ1n) is 6.94. The Balaban J connectivity index is 1.68. The smallest absolute Gasteiger partial charge is 0.262 e. The van der Waals surface area contributed by atoms with Gasteiger partial charge in [0.15, 0.2) is 11.5 Å². The summed E-state index contributed by atoms with van der Waals surface area (Å²) in [4.78, 5) is 12.1. The molecular weight excluding hydrogens is 296 g/mol. The van der Waals surface area contributed by atoms with Gasteiger partial charge in [0, 0.05) is 19.8 Å². The van der Waals surface area contributed by atoms with Gasteiger partial charge in [-0.25, -0.2) is 0 Å². The van der Waals surface area contributed by atoms with Gasteiger partial charge in [-0.05, 0) is 29.8 Å². The van der Waals surface area contributed by atoms with Crippen molar-refractivity contribution in [1.29, 1.82) is 5.26 Å². The molecule has 3 rings (SSSR count). The van der Waals surface area contributed by atoms with Crippen LogP contribution >= 0.6 is 0 Å². The second-order valence-electron chi connectivity index (χ2n) is 4.92. The summed E-state index contributed by atoms with van der Waals surface area (Å²) in [6.45, 7) is 0.497. The lowest BCUT2D eigenvalue weighted by Gasteiger charge is -2.05. The molecule has 0 spiro atoms. The second kappa shape index (κ2) is 6.23. The summed E-state index contributed by atoms with van der Waals surface area (Å²) in [6.07, 6.45) is 3.10. The minimum absolute atomic E-state index is 0.0225. The number of carbonyl (C=O) groups excluding carboxylic acids is 1. The topological polar surface area (TPSA) is 89.2 Å². The molecule has 0 bridgehead atoms. The van der Waals surface area contributed by atoms with E-state index >= 15 is 0 Å². The van der Waals surface area contributed by atoms with Crippen LogP contribution in [0.25, 0.3) is 6.08 Å². The average Bonchev–Trinajstić information content (AvgIpc) is 3.18. The summed E-state index contributed by atoms with van der Waals surface area (Å²) in [5, 5.41) is 15.9. The minimum atomic E-state index is -0.439. The summed E-state index contributed by atoms with van der Waals surface area (Å²) in [7, 11) is 1.74. The third kappa shape index (κ3) is 3.16. The fourth-order valence-electron chi connectivity index (χ4n) is 2.15. The molecule has 0 radical (unpaired) electrons. The second-order valence-corrected chi connectivity index (χ2v) is 4.92. The van der Waals surface area contributed by atoms with Gasteiger partial charge in [0.25, 0.3) is 5.91 Å². The van der Waals surface area contributed by atoms with Crippen LogP contribution in [0.3, 0.4) is 0 Å². The predicted octanol–water partition coefficient (Wildman–Crippen LogP) is 1.37. The molecule has 2 aromatic rings. The molecule has 116 valence electrons. The van der Waals surface area contributed by atoms with Crippen molar-refractivity contribution in [3.8, 4) is 17.6 Å². The van der Waals surface area contributed by atoms with Crippen LogP contribution in [0.1, 0.15) is 11.3 Å². The zero-order valence-electron chi connectivity index (χ0n) is 12.4. The molecule has 23 heavy (non-hydrogen) atoms. The molecule has 0 saturated carbocycles. The number of benzene rings is 1. The van der Waals surface area contributed by atoms with Crippen LogP contribution in [0.15, 0.2) is 36.0 Å². The van der Waals surface area contributed by atoms with Crippen LogP contribution in [0.2, 0.25) is 0 Å². The van der Waals surface area contributed by atoms with Gasteiger partial charge in [0.1, 0.15) is 11.6 Å². The van der Waals surface area contributed by atoms with Gasteiger partial charge in [0.05, 0.1) is 5.69 Å². The van der Waals surface area contributed by atoms with E-state index in [9.17, 15) is 4.79 Å². The Bertz CT molecular complexity index is 817. The highest BCUT2D eigenvalue weighted by atomic mass is 16.7. The summed E-state index contributed by atoms with van der Waals surface area (Å²) in [6, 6.07) is 9.07. The number of nitriles is 1. The van der Waals surface area contributed by atoms with Crippen LogP contribution in [0.5, 0.6) is 11.5 Å². The van der Waals surface area contributed by atoms with E-state index < -0.39 is 5.91 Å². The van der Waals surface area contributed by atoms with Crippen molar-refractivity contribution < 1.29 is 14.3 Å². The van der Waals surface area contributed by atoms with Crippen molar-refractivity contribution in [2.45, 2.75) is 6.54 Å². The lowest BCUT2D eigenvalue weighted by atomic mass is 10.2. The Kier molecular flexibility index (Phi) is 3.97. The maximum Gasteiger partial charge on any atom is 0.262 e. The normalized spacial score (nSPS) is 12.8. The summed E-state index contributed by atoms with van der Waals surface area (Å²) >= 11 is 0. The monoisotopic (exact) mass is 310 g/mol. The number of hydrogen-bond donors (Lipinski definition) is 1. The number of ether oxygens (including phenoxy) is 2. The molecule has 1 aliphatic heterocycles. The first-order valence-corrected chi connectivity index (χ1v) is 6.94. The summed E-state index contributed by atoms with van der Waals surface area (Å²) in [5.41, 5.74) is 1.56. The Labute approximate surface area is 132 Å². The van der Waals surface area contributed by atoms with Crippen molar-refractivity contribution in [2.24, 2.45) is 7.05 Å². The number of nitrogens with one attached hydrogen (secondary N) is 1. The van der Waals surface area contributed by atoms with Gasteiger partial charge in [-0.15, -0.1) is 0 Å². The Morgan fingerprint density at radius 3 is 3.00 bits per heavy atom. The van der Waals surface area contributed by atoms with Gasteiger partial charge >= 0.3 is 0 Å². The fourth-order valence-corrected chi connectivity index (χ4v) is 2.15. The van der Waals surface area contributed by atoms with E-state index in [-0.39, 0.29) is 12.4 Å². The Hall–Kier alpha value is -3.27. The minimum Gasteiger partial charge on any atom is -0.454 e. The van der Waals surface area contributed by atoms with Crippen LogP contribution in [-0.2, 0) is 18.4 Å². The van der Waals surface area contributed by atoms with Crippen molar-refractivity contribution in [3.63, 3.8) is 0 Å². The van der Waals surface area contributed by atoms with Crippen molar-refractivity contribution in [3.05, 3.63) is 47.3 Å². The van der Waals surface area contributed by atoms with Crippen LogP contribution in [-0.4, -0.2) is 22.5 Å². The largest absolute Gasteiger partial charge is 0.454 e. The predicted molar refractivity (Wildman–Crippen MR) is 81.2 cm³/mol. The molecule has 1 aliphatic rings. The number of rotatable bonds is 4. The molecule has 0 saturated heterocycles. The van der Waals surface area contributed by atoms with E-state index in [0.717, 1.165) is 5.56 Å². The van der Waals surface area contributed by atoms with Crippen LogP contribution in [0.4, 0.5) is 0 Å². The molecule has 0 unspecified atom stereocenters. The lowest BCUT2D eigenvalue weighted by Crippen LogP contribution is -2.24. The number of hydrogen-bond acceptors (Lipinski definition) is 5. The molecule has 1 aromatic carbocycles. The van der Waals surface area contributed by atoms with Crippen molar-refractivity contribution in [2.75, 3.05) is 6.79 Å². The maximum atomic E-state index is 12.1. The first-order chi connectivity index (χ1) is 11.2. The van der Waals surface area contributed by atoms with E-state index in [1.165, 1.54) is 6.08 Å². The average molecular weight is 310 g/mol. The molecule has 0 aliphatic carbocycles. The number of nitrogens with zero attached hydrogens (tertiary/aromatic N) is 3. The zero-order chi connectivity index (χ0) is 16.2. The third-order valence-corrected chi connectivity index (χ3v) is 3.41. The molecule has 1 amide bonds. The molecular formula is C16H14N4O3. The number of aryl methyl sites for hydroxylation is 1. The number of fused-ring (bicyclic) bond motifs is 1. The number of aromatic nitrogens is 2. The highest BCUT2D eigenvalue weighted by Crippen LogP contribution is 2.32. The SMILES string of the molecule is Cn1nccc1/C=C(/C#N)C(=O)NCc1ccc2c(c1)OCO2.